The van der Waals surface area contributed by atoms with E-state index in [1.807, 2.05) is 24.3 Å². The maximum Gasteiger partial charge on any atom is 0.253 e. The summed E-state index contributed by atoms with van der Waals surface area (Å²) in [7, 11) is 3.54. The topological polar surface area (TPSA) is 43.8 Å². The van der Waals surface area contributed by atoms with E-state index in [1.54, 1.807) is 19.0 Å². The first kappa shape index (κ1) is 17.0. The molecule has 2 rings (SSSR count). The van der Waals surface area contributed by atoms with Gasteiger partial charge in [-0.25, -0.2) is 0 Å². The molecule has 0 spiro atoms. The van der Waals surface area contributed by atoms with Crippen LogP contribution >= 0.6 is 0 Å². The molecule has 1 N–H and O–H groups in total. The average Bonchev–Trinajstić information content (AvgIpc) is 2.56. The molecule has 1 aromatic rings. The fourth-order valence-electron chi connectivity index (χ4n) is 3.08. The van der Waals surface area contributed by atoms with Crippen LogP contribution in [0.25, 0.3) is 0 Å². The van der Waals surface area contributed by atoms with Crippen molar-refractivity contribution < 1.29 is 9.90 Å². The van der Waals surface area contributed by atoms with E-state index >= 15 is 0 Å². The first-order valence-electron chi connectivity index (χ1n) is 8.13. The summed E-state index contributed by atoms with van der Waals surface area (Å²) >= 11 is 0. The van der Waals surface area contributed by atoms with E-state index in [1.165, 1.54) is 5.56 Å². The standard InChI is InChI=1S/C18H28N2O2/c1-4-18(14-21)9-11-20(12-10-18)13-15-5-7-16(8-6-15)17(22)19(2)3/h5-8,21H,4,9-14H2,1-3H3. The number of aliphatic hydroxyl groups is 1. The minimum atomic E-state index is 0.0418. The lowest BCUT2D eigenvalue weighted by Gasteiger charge is -2.40. The van der Waals surface area contributed by atoms with E-state index in [9.17, 15) is 9.90 Å². The zero-order valence-corrected chi connectivity index (χ0v) is 14.0. The summed E-state index contributed by atoms with van der Waals surface area (Å²) in [5, 5.41) is 9.59. The molecule has 4 nitrogen and oxygen atoms in total. The summed E-state index contributed by atoms with van der Waals surface area (Å²) in [5.41, 5.74) is 2.11. The van der Waals surface area contributed by atoms with Crippen LogP contribution in [0.1, 0.15) is 42.1 Å². The van der Waals surface area contributed by atoms with Gasteiger partial charge in [0.05, 0.1) is 0 Å². The highest BCUT2D eigenvalue weighted by Crippen LogP contribution is 2.34. The van der Waals surface area contributed by atoms with Crippen molar-refractivity contribution in [3.8, 4) is 0 Å². The van der Waals surface area contributed by atoms with E-state index in [2.05, 4.69) is 11.8 Å². The predicted octanol–water partition coefficient (Wildman–Crippen LogP) is 2.37. The van der Waals surface area contributed by atoms with E-state index in [4.69, 9.17) is 0 Å². The zero-order valence-electron chi connectivity index (χ0n) is 14.0. The molecule has 0 aliphatic carbocycles. The summed E-state index contributed by atoms with van der Waals surface area (Å²) in [5.74, 6) is 0.0418. The Morgan fingerprint density at radius 1 is 1.23 bits per heavy atom. The Bertz CT molecular complexity index is 482. The number of aliphatic hydroxyl groups excluding tert-OH is 1. The van der Waals surface area contributed by atoms with E-state index in [-0.39, 0.29) is 11.3 Å². The first-order valence-corrected chi connectivity index (χ1v) is 8.13. The molecule has 1 fully saturated rings. The molecular formula is C18H28N2O2. The van der Waals surface area contributed by atoms with Gasteiger partial charge in [0.2, 0.25) is 0 Å². The van der Waals surface area contributed by atoms with Gasteiger partial charge in [0, 0.05) is 32.8 Å². The van der Waals surface area contributed by atoms with Gasteiger partial charge < -0.3 is 10.0 Å². The number of likely N-dealkylation sites (tertiary alicyclic amines) is 1. The Balaban J connectivity index is 1.91. The second kappa shape index (κ2) is 7.25. The zero-order chi connectivity index (χ0) is 16.2. The van der Waals surface area contributed by atoms with Crippen molar-refractivity contribution in [1.82, 2.24) is 9.80 Å². The van der Waals surface area contributed by atoms with Gasteiger partial charge in [-0.2, -0.15) is 0 Å². The average molecular weight is 304 g/mol. The fourth-order valence-corrected chi connectivity index (χ4v) is 3.08. The summed E-state index contributed by atoms with van der Waals surface area (Å²) in [6.45, 7) is 5.46. The molecule has 22 heavy (non-hydrogen) atoms. The second-order valence-electron chi connectivity index (χ2n) is 6.68. The Hall–Kier alpha value is -1.39. The largest absolute Gasteiger partial charge is 0.396 e. The van der Waals surface area contributed by atoms with Crippen LogP contribution in [0.2, 0.25) is 0 Å². The third-order valence-electron chi connectivity index (χ3n) is 5.02. The lowest BCUT2D eigenvalue weighted by atomic mass is 9.77. The van der Waals surface area contributed by atoms with Gasteiger partial charge in [-0.3, -0.25) is 9.69 Å². The lowest BCUT2D eigenvalue weighted by Crippen LogP contribution is -2.41. The normalized spacial score (nSPS) is 18.2. The number of carbonyl (C=O) groups excluding carboxylic acids is 1. The Labute approximate surface area is 133 Å². The quantitative estimate of drug-likeness (QED) is 0.908. The van der Waals surface area contributed by atoms with Gasteiger partial charge in [-0.15, -0.1) is 0 Å². The molecule has 0 aromatic heterocycles. The molecule has 1 aliphatic heterocycles. The van der Waals surface area contributed by atoms with Gasteiger partial charge in [0.15, 0.2) is 0 Å². The smallest absolute Gasteiger partial charge is 0.253 e. The van der Waals surface area contributed by atoms with Crippen molar-refractivity contribution in [2.45, 2.75) is 32.7 Å². The van der Waals surface area contributed by atoms with Crippen LogP contribution in [0.5, 0.6) is 0 Å². The molecule has 1 aromatic carbocycles. The molecule has 0 atom stereocenters. The van der Waals surface area contributed by atoms with Crippen LogP contribution in [0.15, 0.2) is 24.3 Å². The summed E-state index contributed by atoms with van der Waals surface area (Å²) in [6, 6.07) is 7.91. The van der Waals surface area contributed by atoms with E-state index in [0.29, 0.717) is 6.61 Å². The van der Waals surface area contributed by atoms with Crippen LogP contribution < -0.4 is 0 Å². The summed E-state index contributed by atoms with van der Waals surface area (Å²) < 4.78 is 0. The maximum atomic E-state index is 11.9. The Morgan fingerprint density at radius 2 is 1.82 bits per heavy atom. The molecular weight excluding hydrogens is 276 g/mol. The molecule has 0 bridgehead atoms. The van der Waals surface area contributed by atoms with Gasteiger partial charge in [-0.05, 0) is 55.5 Å². The molecule has 4 heteroatoms. The SMILES string of the molecule is CCC1(CO)CCN(Cc2ccc(C(=O)N(C)C)cc2)CC1. The highest BCUT2D eigenvalue weighted by atomic mass is 16.3. The van der Waals surface area contributed by atoms with Crippen molar-refractivity contribution in [3.05, 3.63) is 35.4 Å². The van der Waals surface area contributed by atoms with Gasteiger partial charge in [0.1, 0.15) is 0 Å². The number of piperidine rings is 1. The number of amides is 1. The van der Waals surface area contributed by atoms with Crippen LogP contribution in [0.3, 0.4) is 0 Å². The molecule has 1 heterocycles. The number of carbonyl (C=O) groups is 1. The lowest BCUT2D eigenvalue weighted by molar-refractivity contribution is 0.0382. The van der Waals surface area contributed by atoms with Gasteiger partial charge >= 0.3 is 0 Å². The number of hydrogen-bond acceptors (Lipinski definition) is 3. The molecule has 1 aliphatic rings. The minimum absolute atomic E-state index is 0.0418. The molecule has 1 amide bonds. The molecule has 122 valence electrons. The first-order chi connectivity index (χ1) is 10.5. The third kappa shape index (κ3) is 3.87. The maximum absolute atomic E-state index is 11.9. The van der Waals surface area contributed by atoms with Crippen LogP contribution in [0.4, 0.5) is 0 Å². The Morgan fingerprint density at radius 3 is 2.27 bits per heavy atom. The van der Waals surface area contributed by atoms with Gasteiger partial charge in [0.25, 0.3) is 5.91 Å². The highest BCUT2D eigenvalue weighted by molar-refractivity contribution is 5.93. The molecule has 1 saturated heterocycles. The van der Waals surface area contributed by atoms with E-state index in [0.717, 1.165) is 44.5 Å². The third-order valence-corrected chi connectivity index (χ3v) is 5.02. The van der Waals surface area contributed by atoms with Crippen LogP contribution in [-0.4, -0.2) is 54.6 Å². The van der Waals surface area contributed by atoms with Crippen molar-refractivity contribution in [3.63, 3.8) is 0 Å². The van der Waals surface area contributed by atoms with Crippen molar-refractivity contribution in [1.29, 1.82) is 0 Å². The monoisotopic (exact) mass is 304 g/mol. The second-order valence-corrected chi connectivity index (χ2v) is 6.68. The van der Waals surface area contributed by atoms with Crippen molar-refractivity contribution in [2.75, 3.05) is 33.8 Å². The molecule has 0 saturated carbocycles. The van der Waals surface area contributed by atoms with Crippen molar-refractivity contribution in [2.24, 2.45) is 5.41 Å². The predicted molar refractivity (Wildman–Crippen MR) is 88.8 cm³/mol. The molecule has 0 unspecified atom stereocenters. The number of nitrogens with zero attached hydrogens (tertiary/aromatic N) is 2. The Kier molecular flexibility index (Phi) is 5.59. The minimum Gasteiger partial charge on any atom is -0.396 e. The number of hydrogen-bond donors (Lipinski definition) is 1. The van der Waals surface area contributed by atoms with Gasteiger partial charge in [-0.1, -0.05) is 19.1 Å². The summed E-state index contributed by atoms with van der Waals surface area (Å²) in [4.78, 5) is 15.9. The summed E-state index contributed by atoms with van der Waals surface area (Å²) in [6.07, 6.45) is 3.19. The van der Waals surface area contributed by atoms with Crippen molar-refractivity contribution >= 4 is 5.91 Å². The highest BCUT2D eigenvalue weighted by Gasteiger charge is 2.32. The fraction of sp³-hybridized carbons (Fsp3) is 0.611. The van der Waals surface area contributed by atoms with Crippen LogP contribution in [0, 0.1) is 5.41 Å². The van der Waals surface area contributed by atoms with Crippen LogP contribution in [-0.2, 0) is 6.54 Å². The molecule has 0 radical (unpaired) electrons. The van der Waals surface area contributed by atoms with E-state index < -0.39 is 0 Å². The number of rotatable bonds is 5. The number of benzene rings is 1.